The molecule has 2 aliphatic heterocycles. The van der Waals surface area contributed by atoms with Gasteiger partial charge in [-0.15, -0.1) is 0 Å². The minimum Gasteiger partial charge on any atom is -0.370 e. The standard InChI is InChI=1S/C26H22N6O2/c33-25(31-22-11-9-17(15-27-22)32-12-4-5-13-32)16-8-10-20-21(14-16)29-24(28-20)23-18-6-2-1-3-7-19(18)30-26(23)34/h1-3,6-11,14-15H,4-5,12-13H2,(H,28,29)(H,30,34)(H,27,31,33). The van der Waals surface area contributed by atoms with Crippen molar-refractivity contribution in [2.75, 3.05) is 23.3 Å². The molecule has 2 aromatic heterocycles. The highest BCUT2D eigenvalue weighted by molar-refractivity contribution is 6.05. The first-order chi connectivity index (χ1) is 16.7. The Balaban J connectivity index is 1.26. The Morgan fingerprint density at radius 1 is 0.971 bits per heavy atom. The van der Waals surface area contributed by atoms with E-state index < -0.39 is 0 Å². The molecule has 0 bridgehead atoms. The van der Waals surface area contributed by atoms with Crippen molar-refractivity contribution in [2.45, 2.75) is 12.8 Å². The maximum absolute atomic E-state index is 12.8. The number of amides is 1. The third-order valence-corrected chi connectivity index (χ3v) is 6.23. The van der Waals surface area contributed by atoms with Crippen molar-refractivity contribution in [1.29, 1.82) is 0 Å². The highest BCUT2D eigenvalue weighted by Gasteiger charge is 2.19. The van der Waals surface area contributed by atoms with Gasteiger partial charge in [-0.05, 0) is 49.2 Å². The highest BCUT2D eigenvalue weighted by Crippen LogP contribution is 2.29. The van der Waals surface area contributed by atoms with Crippen molar-refractivity contribution in [3.8, 4) is 22.6 Å². The van der Waals surface area contributed by atoms with Crippen LogP contribution in [-0.2, 0) is 0 Å². The molecule has 0 spiro atoms. The largest absolute Gasteiger partial charge is 0.370 e. The minimum absolute atomic E-state index is 0.207. The molecule has 3 N–H and O–H groups in total. The van der Waals surface area contributed by atoms with Crippen LogP contribution >= 0.6 is 0 Å². The number of pyridine rings is 1. The Kier molecular flexibility index (Phi) is 4.83. The fourth-order valence-corrected chi connectivity index (χ4v) is 4.49. The topological polar surface area (TPSA) is 107 Å². The van der Waals surface area contributed by atoms with Crippen molar-refractivity contribution < 1.29 is 4.79 Å². The number of hydrogen-bond donors (Lipinski definition) is 3. The van der Waals surface area contributed by atoms with Crippen molar-refractivity contribution >= 4 is 28.4 Å². The second kappa shape index (κ2) is 8.15. The number of rotatable bonds is 4. The lowest BCUT2D eigenvalue weighted by molar-refractivity contribution is 0.102. The first-order valence-electron chi connectivity index (χ1n) is 11.3. The predicted octanol–water partition coefficient (Wildman–Crippen LogP) is 4.27. The zero-order chi connectivity index (χ0) is 23.1. The smallest absolute Gasteiger partial charge is 0.260 e. The molecule has 168 valence electrons. The molecule has 0 unspecified atom stereocenters. The van der Waals surface area contributed by atoms with Crippen LogP contribution in [0.25, 0.3) is 33.7 Å². The summed E-state index contributed by atoms with van der Waals surface area (Å²) >= 11 is 0. The molecule has 0 atom stereocenters. The van der Waals surface area contributed by atoms with Crippen LogP contribution in [0.5, 0.6) is 0 Å². The van der Waals surface area contributed by atoms with Gasteiger partial charge in [0.05, 0.1) is 28.5 Å². The van der Waals surface area contributed by atoms with Crippen LogP contribution in [0.1, 0.15) is 23.2 Å². The van der Waals surface area contributed by atoms with Crippen LogP contribution in [-0.4, -0.2) is 38.9 Å². The van der Waals surface area contributed by atoms with Gasteiger partial charge in [0.25, 0.3) is 11.5 Å². The van der Waals surface area contributed by atoms with Crippen LogP contribution in [0.15, 0.2) is 71.7 Å². The fourth-order valence-electron chi connectivity index (χ4n) is 4.49. The van der Waals surface area contributed by atoms with Gasteiger partial charge in [-0.3, -0.25) is 9.59 Å². The Morgan fingerprint density at radius 2 is 1.82 bits per heavy atom. The number of nitrogens with zero attached hydrogens (tertiary/aromatic N) is 3. The lowest BCUT2D eigenvalue weighted by Gasteiger charge is -2.17. The average molecular weight is 451 g/mol. The number of imidazole rings is 1. The number of aromatic nitrogens is 4. The molecule has 1 aromatic carbocycles. The van der Waals surface area contributed by atoms with E-state index in [1.807, 2.05) is 42.5 Å². The molecular formula is C26H22N6O2. The minimum atomic E-state index is -0.267. The Morgan fingerprint density at radius 3 is 2.65 bits per heavy atom. The second-order valence-electron chi connectivity index (χ2n) is 8.43. The third kappa shape index (κ3) is 3.59. The Labute approximate surface area is 195 Å². The van der Waals surface area contributed by atoms with Gasteiger partial charge < -0.3 is 20.2 Å². The molecule has 1 fully saturated rings. The molecule has 8 heteroatoms. The summed E-state index contributed by atoms with van der Waals surface area (Å²) in [5.74, 6) is 0.698. The maximum atomic E-state index is 12.8. The van der Waals surface area contributed by atoms with Gasteiger partial charge in [-0.25, -0.2) is 9.97 Å². The van der Waals surface area contributed by atoms with E-state index in [1.165, 1.54) is 12.8 Å². The number of H-pyrrole nitrogens is 2. The quantitative estimate of drug-likeness (QED) is 0.379. The average Bonchev–Trinajstić information content (AvgIpc) is 3.55. The van der Waals surface area contributed by atoms with Crippen molar-refractivity contribution in [3.05, 3.63) is 82.8 Å². The summed E-state index contributed by atoms with van der Waals surface area (Å²) in [6.45, 7) is 2.09. The van der Waals surface area contributed by atoms with Gasteiger partial charge in [0, 0.05) is 29.9 Å². The number of hydrogen-bond acceptors (Lipinski definition) is 5. The molecule has 1 amide bonds. The number of carbonyl (C=O) groups is 1. The number of carbonyl (C=O) groups excluding carboxylic acids is 1. The molecule has 3 aliphatic rings. The summed E-state index contributed by atoms with van der Waals surface area (Å²) in [7, 11) is 0. The molecule has 34 heavy (non-hydrogen) atoms. The number of anilines is 2. The molecular weight excluding hydrogens is 428 g/mol. The Bertz CT molecular complexity index is 1530. The van der Waals surface area contributed by atoms with E-state index in [-0.39, 0.29) is 11.5 Å². The lowest BCUT2D eigenvalue weighted by atomic mass is 10.1. The fraction of sp³-hybridized carbons (Fsp3) is 0.154. The predicted molar refractivity (Wildman–Crippen MR) is 132 cm³/mol. The summed E-state index contributed by atoms with van der Waals surface area (Å²) in [6, 6.07) is 18.4. The number of fused-ring (bicyclic) bond motifs is 2. The first-order valence-corrected chi connectivity index (χ1v) is 11.3. The van der Waals surface area contributed by atoms with Gasteiger partial charge in [-0.1, -0.05) is 24.3 Å². The van der Waals surface area contributed by atoms with Gasteiger partial charge >= 0.3 is 0 Å². The van der Waals surface area contributed by atoms with Crippen molar-refractivity contribution in [2.24, 2.45) is 0 Å². The van der Waals surface area contributed by atoms with Gasteiger partial charge in [0.2, 0.25) is 0 Å². The summed E-state index contributed by atoms with van der Waals surface area (Å²) in [6.07, 6.45) is 4.20. The molecule has 1 saturated heterocycles. The first kappa shape index (κ1) is 20.2. The van der Waals surface area contributed by atoms with E-state index in [1.54, 1.807) is 24.4 Å². The van der Waals surface area contributed by atoms with Crippen molar-refractivity contribution in [1.82, 2.24) is 19.9 Å². The monoisotopic (exact) mass is 450 g/mol. The third-order valence-electron chi connectivity index (χ3n) is 6.23. The zero-order valence-corrected chi connectivity index (χ0v) is 18.3. The highest BCUT2D eigenvalue weighted by atomic mass is 16.1. The summed E-state index contributed by atoms with van der Waals surface area (Å²) in [5.41, 5.74) is 4.69. The van der Waals surface area contributed by atoms with E-state index in [0.29, 0.717) is 28.3 Å². The number of nitrogens with one attached hydrogen (secondary N) is 3. The SMILES string of the molecule is O=C(Nc1ccc(N2CCCC2)cn1)c1ccc2[nH]c(-c3c4cccccc-4[nH]c3=O)nc2c1. The molecule has 0 saturated carbocycles. The molecule has 6 rings (SSSR count). The summed E-state index contributed by atoms with van der Waals surface area (Å²) < 4.78 is 0. The maximum Gasteiger partial charge on any atom is 0.260 e. The molecule has 0 radical (unpaired) electrons. The van der Waals surface area contributed by atoms with E-state index in [9.17, 15) is 9.59 Å². The molecule has 3 aromatic rings. The number of aromatic amines is 2. The van der Waals surface area contributed by atoms with Crippen molar-refractivity contribution in [3.63, 3.8) is 0 Å². The number of benzene rings is 1. The Hall–Kier alpha value is -4.46. The normalized spacial score (nSPS) is 13.6. The van der Waals surface area contributed by atoms with Crippen LogP contribution in [0.3, 0.4) is 0 Å². The van der Waals surface area contributed by atoms with Gasteiger partial charge in [0.1, 0.15) is 11.6 Å². The van der Waals surface area contributed by atoms with Crippen LogP contribution in [0.4, 0.5) is 11.5 Å². The zero-order valence-electron chi connectivity index (χ0n) is 18.3. The van der Waals surface area contributed by atoms with E-state index in [0.717, 1.165) is 35.6 Å². The lowest BCUT2D eigenvalue weighted by Crippen LogP contribution is -2.18. The molecule has 8 nitrogen and oxygen atoms in total. The molecule has 1 aliphatic carbocycles. The van der Waals surface area contributed by atoms with Crippen LogP contribution in [0.2, 0.25) is 0 Å². The summed E-state index contributed by atoms with van der Waals surface area (Å²) in [5, 5.41) is 2.85. The second-order valence-corrected chi connectivity index (χ2v) is 8.43. The van der Waals surface area contributed by atoms with Crippen LogP contribution < -0.4 is 15.8 Å². The summed E-state index contributed by atoms with van der Waals surface area (Å²) in [4.78, 5) is 42.9. The van der Waals surface area contributed by atoms with E-state index in [4.69, 9.17) is 0 Å². The van der Waals surface area contributed by atoms with Gasteiger partial charge in [-0.2, -0.15) is 0 Å². The van der Waals surface area contributed by atoms with Crippen LogP contribution in [0, 0.1) is 0 Å². The van der Waals surface area contributed by atoms with Gasteiger partial charge in [0.15, 0.2) is 0 Å². The van der Waals surface area contributed by atoms with E-state index >= 15 is 0 Å². The molecule has 4 heterocycles. The van der Waals surface area contributed by atoms with E-state index in [2.05, 4.69) is 30.2 Å².